The molecule has 1 aromatic heterocycles. The second-order valence-corrected chi connectivity index (χ2v) is 5.27. The molecule has 0 saturated heterocycles. The number of esters is 1. The molecule has 9 heteroatoms. The molecule has 0 aliphatic carbocycles. The third-order valence-electron chi connectivity index (χ3n) is 2.94. The van der Waals surface area contributed by atoms with Crippen LogP contribution in [0.15, 0.2) is 29.6 Å². The first-order valence-electron chi connectivity index (χ1n) is 6.87. The van der Waals surface area contributed by atoms with E-state index in [0.29, 0.717) is 10.8 Å². The molecule has 0 aliphatic heterocycles. The fourth-order valence-corrected chi connectivity index (χ4v) is 2.19. The van der Waals surface area contributed by atoms with Gasteiger partial charge < -0.3 is 20.3 Å². The van der Waals surface area contributed by atoms with Crippen molar-refractivity contribution in [1.29, 1.82) is 0 Å². The number of carboxylic acid groups (broad SMARTS) is 1. The minimum absolute atomic E-state index is 0.136. The molecule has 126 valence electrons. The average Bonchev–Trinajstić information content (AvgIpc) is 2.54. The first kappa shape index (κ1) is 17.5. The van der Waals surface area contributed by atoms with Crippen LogP contribution in [0.25, 0.3) is 0 Å². The van der Waals surface area contributed by atoms with E-state index in [4.69, 9.17) is 9.84 Å². The molecule has 0 atom stereocenters. The van der Waals surface area contributed by atoms with Crippen LogP contribution in [0.3, 0.4) is 0 Å². The van der Waals surface area contributed by atoms with Crippen LogP contribution in [-0.4, -0.2) is 45.0 Å². The van der Waals surface area contributed by atoms with Crippen LogP contribution in [0, 0.1) is 0 Å². The number of hydrogen-bond acceptors (Lipinski definition) is 8. The highest BCUT2D eigenvalue weighted by Gasteiger charge is 2.17. The highest BCUT2D eigenvalue weighted by Crippen LogP contribution is 2.26. The lowest BCUT2D eigenvalue weighted by Crippen LogP contribution is -2.11. The van der Waals surface area contributed by atoms with Crippen molar-refractivity contribution in [1.82, 2.24) is 9.97 Å². The van der Waals surface area contributed by atoms with Gasteiger partial charge in [0, 0.05) is 18.0 Å². The number of nitrogens with one attached hydrogen (secondary N) is 1. The summed E-state index contributed by atoms with van der Waals surface area (Å²) in [6, 6.07) is 3.94. The molecule has 0 amide bonds. The number of carboxylic acids is 1. The van der Waals surface area contributed by atoms with Crippen LogP contribution in [0.2, 0.25) is 0 Å². The zero-order valence-electron chi connectivity index (χ0n) is 12.9. The lowest BCUT2D eigenvalue weighted by molar-refractivity contribution is 0.0526. The van der Waals surface area contributed by atoms with E-state index in [2.05, 4.69) is 15.3 Å². The Bertz CT molecular complexity index is 782. The van der Waals surface area contributed by atoms with Crippen LogP contribution in [0.4, 0.5) is 11.5 Å². The summed E-state index contributed by atoms with van der Waals surface area (Å²) in [7, 11) is 0. The number of phenols is 1. The average molecular weight is 349 g/mol. The maximum Gasteiger partial charge on any atom is 0.343 e. The van der Waals surface area contributed by atoms with E-state index >= 15 is 0 Å². The molecular weight excluding hydrogens is 334 g/mol. The number of benzene rings is 1. The summed E-state index contributed by atoms with van der Waals surface area (Å²) in [6.45, 7) is 1.89. The molecule has 3 N–H and O–H groups in total. The predicted molar refractivity (Wildman–Crippen MR) is 88.1 cm³/mol. The summed E-state index contributed by atoms with van der Waals surface area (Å²) in [5, 5.41) is 22.0. The molecule has 0 spiro atoms. The fourth-order valence-electron chi connectivity index (χ4n) is 1.84. The molecule has 0 radical (unpaired) electrons. The van der Waals surface area contributed by atoms with Crippen molar-refractivity contribution in [3.05, 3.63) is 35.5 Å². The van der Waals surface area contributed by atoms with Crippen LogP contribution in [0.5, 0.6) is 5.75 Å². The summed E-state index contributed by atoms with van der Waals surface area (Å²) in [5.74, 6) is -2.02. The summed E-state index contributed by atoms with van der Waals surface area (Å²) in [5.41, 5.74) is 0.281. The number of aromatic hydroxyl groups is 1. The molecule has 0 fully saturated rings. The summed E-state index contributed by atoms with van der Waals surface area (Å²) >= 11 is 1.30. The van der Waals surface area contributed by atoms with Crippen molar-refractivity contribution >= 4 is 35.2 Å². The molecule has 2 rings (SSSR count). The number of carbonyl (C=O) groups is 2. The standard InChI is InChI=1S/C15H15N3O5S/c1-3-23-14(22)10-7-16-15(24-2)18-12(10)17-8-4-5-9(13(20)21)11(19)6-8/h4-7,19H,3H2,1-2H3,(H,20,21)(H,16,17,18). The van der Waals surface area contributed by atoms with Gasteiger partial charge in [-0.2, -0.15) is 0 Å². The van der Waals surface area contributed by atoms with Crippen molar-refractivity contribution in [2.45, 2.75) is 12.1 Å². The topological polar surface area (TPSA) is 122 Å². The third-order valence-corrected chi connectivity index (χ3v) is 3.50. The minimum Gasteiger partial charge on any atom is -0.507 e. The van der Waals surface area contributed by atoms with E-state index in [1.54, 1.807) is 13.2 Å². The highest BCUT2D eigenvalue weighted by atomic mass is 32.2. The van der Waals surface area contributed by atoms with Crippen molar-refractivity contribution in [2.24, 2.45) is 0 Å². The van der Waals surface area contributed by atoms with Gasteiger partial charge in [-0.05, 0) is 25.3 Å². The molecular formula is C15H15N3O5S. The molecule has 0 aliphatic rings. The van der Waals surface area contributed by atoms with E-state index < -0.39 is 17.7 Å². The molecule has 0 unspecified atom stereocenters. The Hall–Kier alpha value is -2.81. The van der Waals surface area contributed by atoms with Crippen molar-refractivity contribution in [3.8, 4) is 5.75 Å². The smallest absolute Gasteiger partial charge is 0.343 e. The van der Waals surface area contributed by atoms with E-state index in [9.17, 15) is 14.7 Å². The molecule has 0 saturated carbocycles. The van der Waals surface area contributed by atoms with Gasteiger partial charge in [-0.15, -0.1) is 0 Å². The maximum atomic E-state index is 12.0. The van der Waals surface area contributed by atoms with E-state index in [1.807, 2.05) is 0 Å². The largest absolute Gasteiger partial charge is 0.507 e. The predicted octanol–water partition coefficient (Wildman–Crippen LogP) is 2.52. The monoisotopic (exact) mass is 349 g/mol. The normalized spacial score (nSPS) is 10.2. The molecule has 1 heterocycles. The second kappa shape index (κ2) is 7.64. The zero-order valence-corrected chi connectivity index (χ0v) is 13.8. The Balaban J connectivity index is 2.38. The maximum absolute atomic E-state index is 12.0. The van der Waals surface area contributed by atoms with Gasteiger partial charge in [0.15, 0.2) is 5.16 Å². The summed E-state index contributed by atoms with van der Waals surface area (Å²) in [6.07, 6.45) is 3.14. The van der Waals surface area contributed by atoms with Gasteiger partial charge in [-0.3, -0.25) is 0 Å². The molecule has 0 bridgehead atoms. The first-order valence-corrected chi connectivity index (χ1v) is 8.10. The Morgan fingerprint density at radius 3 is 2.67 bits per heavy atom. The fraction of sp³-hybridized carbons (Fsp3) is 0.200. The third kappa shape index (κ3) is 3.93. The number of ether oxygens (including phenoxy) is 1. The van der Waals surface area contributed by atoms with Gasteiger partial charge >= 0.3 is 11.9 Å². The number of aromatic nitrogens is 2. The number of rotatable bonds is 6. The number of nitrogens with zero attached hydrogens (tertiary/aromatic N) is 2. The number of thioether (sulfide) groups is 1. The molecule has 2 aromatic rings. The lowest BCUT2D eigenvalue weighted by Gasteiger charge is -2.12. The van der Waals surface area contributed by atoms with Crippen molar-refractivity contribution in [3.63, 3.8) is 0 Å². The summed E-state index contributed by atoms with van der Waals surface area (Å²) < 4.78 is 4.96. The minimum atomic E-state index is -1.24. The van der Waals surface area contributed by atoms with E-state index in [0.717, 1.165) is 0 Å². The number of hydrogen-bond donors (Lipinski definition) is 3. The Kier molecular flexibility index (Phi) is 5.59. The van der Waals surface area contributed by atoms with Gasteiger partial charge in [0.05, 0.1) is 6.61 Å². The van der Waals surface area contributed by atoms with Gasteiger partial charge in [0.25, 0.3) is 0 Å². The van der Waals surface area contributed by atoms with Crippen LogP contribution < -0.4 is 5.32 Å². The van der Waals surface area contributed by atoms with Crippen LogP contribution >= 0.6 is 11.8 Å². The van der Waals surface area contributed by atoms with Gasteiger partial charge in [0.1, 0.15) is 22.7 Å². The van der Waals surface area contributed by atoms with Crippen LogP contribution in [-0.2, 0) is 4.74 Å². The SMILES string of the molecule is CCOC(=O)c1cnc(SC)nc1Nc1ccc(C(=O)O)c(O)c1. The van der Waals surface area contributed by atoms with Gasteiger partial charge in [-0.1, -0.05) is 11.8 Å². The number of aromatic carboxylic acids is 1. The van der Waals surface area contributed by atoms with E-state index in [1.165, 1.54) is 36.2 Å². The van der Waals surface area contributed by atoms with Gasteiger partial charge in [0.2, 0.25) is 0 Å². The zero-order chi connectivity index (χ0) is 17.7. The van der Waals surface area contributed by atoms with Crippen molar-refractivity contribution < 1.29 is 24.5 Å². The highest BCUT2D eigenvalue weighted by molar-refractivity contribution is 7.98. The second-order valence-electron chi connectivity index (χ2n) is 4.50. The molecule has 1 aromatic carbocycles. The molecule has 8 nitrogen and oxygen atoms in total. The van der Waals surface area contributed by atoms with Crippen molar-refractivity contribution in [2.75, 3.05) is 18.2 Å². The molecule has 24 heavy (non-hydrogen) atoms. The Morgan fingerprint density at radius 2 is 2.08 bits per heavy atom. The Morgan fingerprint density at radius 1 is 1.33 bits per heavy atom. The number of anilines is 2. The lowest BCUT2D eigenvalue weighted by atomic mass is 10.2. The Labute approximate surface area is 141 Å². The number of carbonyl (C=O) groups excluding carboxylic acids is 1. The quantitative estimate of drug-likeness (QED) is 0.410. The first-order chi connectivity index (χ1) is 11.5. The van der Waals surface area contributed by atoms with E-state index in [-0.39, 0.29) is 23.6 Å². The van der Waals surface area contributed by atoms with Gasteiger partial charge in [-0.25, -0.2) is 19.6 Å². The summed E-state index contributed by atoms with van der Waals surface area (Å²) in [4.78, 5) is 31.2. The van der Waals surface area contributed by atoms with Crippen LogP contribution in [0.1, 0.15) is 27.6 Å².